The molecule has 2 aromatic carbocycles. The number of benzene rings is 2. The van der Waals surface area contributed by atoms with E-state index < -0.39 is 21.7 Å². The number of aryl methyl sites for hydroxylation is 1. The summed E-state index contributed by atoms with van der Waals surface area (Å²) in [5, 5.41) is 3.98. The van der Waals surface area contributed by atoms with Gasteiger partial charge < -0.3 is 0 Å². The number of hydrogen-bond acceptors (Lipinski definition) is 4. The smallest absolute Gasteiger partial charge is 0.246 e. The second-order valence-electron chi connectivity index (χ2n) is 5.01. The molecule has 0 unspecified atom stereocenters. The third-order valence-electron chi connectivity index (χ3n) is 3.25. The number of aromatic nitrogens is 3. The Labute approximate surface area is 136 Å². The molecule has 0 aliphatic carbocycles. The van der Waals surface area contributed by atoms with Gasteiger partial charge in [-0.1, -0.05) is 0 Å². The van der Waals surface area contributed by atoms with Crippen molar-refractivity contribution >= 4 is 16.0 Å². The lowest BCUT2D eigenvalue weighted by atomic mass is 10.2. The van der Waals surface area contributed by atoms with Gasteiger partial charge in [-0.05, 0) is 55.0 Å². The van der Waals surface area contributed by atoms with Gasteiger partial charge in [-0.25, -0.2) is 26.6 Å². The molecule has 0 fully saturated rings. The van der Waals surface area contributed by atoms with Crippen molar-refractivity contribution in [3.63, 3.8) is 0 Å². The van der Waals surface area contributed by atoms with E-state index in [0.29, 0.717) is 5.69 Å². The van der Waals surface area contributed by atoms with E-state index in [1.54, 1.807) is 0 Å². The zero-order valence-electron chi connectivity index (χ0n) is 12.4. The Morgan fingerprint density at radius 2 is 1.79 bits per heavy atom. The molecule has 0 radical (unpaired) electrons. The first-order valence-electron chi connectivity index (χ1n) is 6.82. The minimum atomic E-state index is -3.94. The van der Waals surface area contributed by atoms with Crippen LogP contribution in [0.2, 0.25) is 0 Å². The first-order chi connectivity index (χ1) is 11.3. The van der Waals surface area contributed by atoms with Gasteiger partial charge in [0.25, 0.3) is 16.0 Å². The maximum Gasteiger partial charge on any atom is 0.264 e. The maximum absolute atomic E-state index is 13.3. The summed E-state index contributed by atoms with van der Waals surface area (Å²) in [5.41, 5.74) is 0.731. The molecule has 0 aliphatic heterocycles. The molecule has 24 heavy (non-hydrogen) atoms. The van der Waals surface area contributed by atoms with Crippen LogP contribution < -0.4 is 4.72 Å². The molecular formula is C15H12F2N4O2S. The summed E-state index contributed by atoms with van der Waals surface area (Å²) in [6, 6.07) is 8.91. The molecule has 0 saturated heterocycles. The lowest BCUT2D eigenvalue weighted by Crippen LogP contribution is -2.14. The number of sulfonamides is 1. The van der Waals surface area contributed by atoms with E-state index in [2.05, 4.69) is 14.8 Å². The molecule has 1 aromatic heterocycles. The number of halogens is 2. The molecule has 0 bridgehead atoms. The van der Waals surface area contributed by atoms with Crippen molar-refractivity contribution in [2.75, 3.05) is 4.72 Å². The summed E-state index contributed by atoms with van der Waals surface area (Å²) in [5.74, 6) is -1.04. The summed E-state index contributed by atoms with van der Waals surface area (Å²) < 4.78 is 54.3. The molecule has 3 aromatic rings. The van der Waals surface area contributed by atoms with Crippen molar-refractivity contribution in [3.05, 3.63) is 66.0 Å². The summed E-state index contributed by atoms with van der Waals surface area (Å²) in [7, 11) is -3.94. The van der Waals surface area contributed by atoms with Crippen molar-refractivity contribution in [1.82, 2.24) is 14.8 Å². The predicted octanol–water partition coefficient (Wildman–Crippen LogP) is 2.65. The lowest BCUT2D eigenvalue weighted by Gasteiger charge is -2.06. The van der Waals surface area contributed by atoms with Gasteiger partial charge in [-0.2, -0.15) is 4.98 Å². The molecule has 0 amide bonds. The molecule has 1 heterocycles. The SMILES string of the molecule is Cc1cc(S(=O)(=O)Nc2ncn(-c3ccc(F)cc3)n2)ccc1F. The number of anilines is 1. The van der Waals surface area contributed by atoms with Crippen molar-refractivity contribution in [3.8, 4) is 5.69 Å². The highest BCUT2D eigenvalue weighted by atomic mass is 32.2. The highest BCUT2D eigenvalue weighted by molar-refractivity contribution is 7.92. The van der Waals surface area contributed by atoms with Gasteiger partial charge in [-0.15, -0.1) is 5.10 Å². The van der Waals surface area contributed by atoms with Crippen LogP contribution in [0.5, 0.6) is 0 Å². The predicted molar refractivity (Wildman–Crippen MR) is 83.3 cm³/mol. The highest BCUT2D eigenvalue weighted by Crippen LogP contribution is 2.17. The Morgan fingerprint density at radius 1 is 1.08 bits per heavy atom. The van der Waals surface area contributed by atoms with Gasteiger partial charge >= 0.3 is 0 Å². The summed E-state index contributed by atoms with van der Waals surface area (Å²) >= 11 is 0. The van der Waals surface area contributed by atoms with Crippen LogP contribution in [0.25, 0.3) is 5.69 Å². The topological polar surface area (TPSA) is 76.9 Å². The van der Waals surface area contributed by atoms with Gasteiger partial charge in [0, 0.05) is 0 Å². The molecular weight excluding hydrogens is 338 g/mol. The summed E-state index contributed by atoms with van der Waals surface area (Å²) in [6.45, 7) is 1.47. The minimum Gasteiger partial charge on any atom is -0.246 e. The van der Waals surface area contributed by atoms with Gasteiger partial charge in [0.2, 0.25) is 0 Å². The molecule has 6 nitrogen and oxygen atoms in total. The highest BCUT2D eigenvalue weighted by Gasteiger charge is 2.17. The quantitative estimate of drug-likeness (QED) is 0.785. The zero-order valence-corrected chi connectivity index (χ0v) is 13.3. The average Bonchev–Trinajstić information content (AvgIpc) is 2.98. The Balaban J connectivity index is 1.85. The second kappa shape index (κ2) is 6.00. The van der Waals surface area contributed by atoms with Crippen molar-refractivity contribution in [2.24, 2.45) is 0 Å². The van der Waals surface area contributed by atoms with E-state index in [-0.39, 0.29) is 16.4 Å². The minimum absolute atomic E-state index is 0.0977. The molecule has 0 aliphatic rings. The van der Waals surface area contributed by atoms with Crippen LogP contribution in [-0.4, -0.2) is 23.2 Å². The Morgan fingerprint density at radius 3 is 2.46 bits per heavy atom. The Hall–Kier alpha value is -2.81. The summed E-state index contributed by atoms with van der Waals surface area (Å²) in [4.78, 5) is 3.76. The molecule has 9 heteroatoms. The number of rotatable bonds is 4. The fraction of sp³-hybridized carbons (Fsp3) is 0.0667. The Kier molecular flexibility index (Phi) is 4.02. The zero-order chi connectivity index (χ0) is 17.3. The van der Waals surface area contributed by atoms with Crippen molar-refractivity contribution in [1.29, 1.82) is 0 Å². The molecule has 0 spiro atoms. The van der Waals surface area contributed by atoms with Gasteiger partial charge in [0.05, 0.1) is 10.6 Å². The third-order valence-corrected chi connectivity index (χ3v) is 4.57. The standard InChI is InChI=1S/C15H12F2N4O2S/c1-10-8-13(6-7-14(10)17)24(22,23)20-15-18-9-21(19-15)12-4-2-11(16)3-5-12/h2-9H,1H3,(H,19,20). The van der Waals surface area contributed by atoms with Crippen LogP contribution >= 0.6 is 0 Å². The summed E-state index contributed by atoms with van der Waals surface area (Å²) in [6.07, 6.45) is 1.29. The fourth-order valence-electron chi connectivity index (χ4n) is 1.99. The second-order valence-corrected chi connectivity index (χ2v) is 6.69. The van der Waals surface area contributed by atoms with Crippen LogP contribution in [0, 0.1) is 18.6 Å². The third kappa shape index (κ3) is 3.25. The maximum atomic E-state index is 13.3. The number of nitrogens with one attached hydrogen (secondary N) is 1. The van der Waals surface area contributed by atoms with E-state index >= 15 is 0 Å². The van der Waals surface area contributed by atoms with Gasteiger partial charge in [0.1, 0.15) is 18.0 Å². The molecule has 0 saturated carbocycles. The largest absolute Gasteiger partial charge is 0.264 e. The first kappa shape index (κ1) is 16.1. The van der Waals surface area contributed by atoms with E-state index in [1.807, 2.05) is 0 Å². The van der Waals surface area contributed by atoms with Crippen LogP contribution in [0.15, 0.2) is 53.7 Å². The van der Waals surface area contributed by atoms with Crippen LogP contribution in [0.1, 0.15) is 5.56 Å². The molecule has 0 atom stereocenters. The monoisotopic (exact) mass is 350 g/mol. The van der Waals surface area contributed by atoms with E-state index in [4.69, 9.17) is 0 Å². The van der Waals surface area contributed by atoms with Crippen LogP contribution in [0.3, 0.4) is 0 Å². The molecule has 124 valence electrons. The Bertz CT molecular complexity index is 985. The van der Waals surface area contributed by atoms with Crippen molar-refractivity contribution < 1.29 is 17.2 Å². The number of nitrogens with zero attached hydrogens (tertiary/aromatic N) is 3. The van der Waals surface area contributed by atoms with Crippen LogP contribution in [0.4, 0.5) is 14.7 Å². The molecule has 1 N–H and O–H groups in total. The molecule has 3 rings (SSSR count). The van der Waals surface area contributed by atoms with Gasteiger partial charge in [0.15, 0.2) is 0 Å². The van der Waals surface area contributed by atoms with Crippen LogP contribution in [-0.2, 0) is 10.0 Å². The van der Waals surface area contributed by atoms with E-state index in [0.717, 1.165) is 12.1 Å². The fourth-order valence-corrected chi connectivity index (χ4v) is 3.02. The van der Waals surface area contributed by atoms with E-state index in [9.17, 15) is 17.2 Å². The van der Waals surface area contributed by atoms with Gasteiger partial charge in [-0.3, -0.25) is 0 Å². The van der Waals surface area contributed by atoms with Crippen molar-refractivity contribution in [2.45, 2.75) is 11.8 Å². The lowest BCUT2D eigenvalue weighted by molar-refractivity contribution is 0.598. The number of hydrogen-bond donors (Lipinski definition) is 1. The normalized spacial score (nSPS) is 11.5. The average molecular weight is 350 g/mol. The first-order valence-corrected chi connectivity index (χ1v) is 8.30. The van der Waals surface area contributed by atoms with E-state index in [1.165, 1.54) is 48.3 Å².